The maximum Gasteiger partial charge on any atom is 0.310 e. The van der Waals surface area contributed by atoms with Crippen molar-refractivity contribution in [2.24, 2.45) is 0 Å². The van der Waals surface area contributed by atoms with E-state index < -0.39 is 5.60 Å². The first kappa shape index (κ1) is 23.5. The number of hydrogen-bond donors (Lipinski definition) is 0. The number of esters is 1. The first-order valence-electron chi connectivity index (χ1n) is 11.7. The predicted octanol–water partition coefficient (Wildman–Crippen LogP) is 6.38. The Bertz CT molecular complexity index is 1250. The SMILES string of the molecule is Cc1nn(Cc2ccccc2Cc2ccccc2)c(-c2ccccc2)c1CC(=O)OC(C)(C)C. The van der Waals surface area contributed by atoms with Gasteiger partial charge < -0.3 is 4.74 Å². The van der Waals surface area contributed by atoms with Crippen LogP contribution in [-0.2, 0) is 28.9 Å². The van der Waals surface area contributed by atoms with Crippen LogP contribution < -0.4 is 0 Å². The fourth-order valence-corrected chi connectivity index (χ4v) is 4.25. The summed E-state index contributed by atoms with van der Waals surface area (Å²) >= 11 is 0. The van der Waals surface area contributed by atoms with Crippen LogP contribution in [0.15, 0.2) is 84.9 Å². The summed E-state index contributed by atoms with van der Waals surface area (Å²) in [6.45, 7) is 8.27. The number of benzene rings is 3. The van der Waals surface area contributed by atoms with Crippen LogP contribution in [0.5, 0.6) is 0 Å². The Hall–Kier alpha value is -3.66. The topological polar surface area (TPSA) is 44.1 Å². The molecule has 4 nitrogen and oxygen atoms in total. The van der Waals surface area contributed by atoms with Crippen LogP contribution in [0.1, 0.15) is 48.7 Å². The molecule has 0 aliphatic carbocycles. The van der Waals surface area contributed by atoms with E-state index in [9.17, 15) is 4.79 Å². The number of hydrogen-bond acceptors (Lipinski definition) is 3. The van der Waals surface area contributed by atoms with Crippen LogP contribution in [-0.4, -0.2) is 21.4 Å². The van der Waals surface area contributed by atoms with Gasteiger partial charge in [0, 0.05) is 11.1 Å². The van der Waals surface area contributed by atoms with Crippen molar-refractivity contribution in [3.05, 3.63) is 113 Å². The molecule has 3 aromatic carbocycles. The number of aryl methyl sites for hydroxylation is 1. The van der Waals surface area contributed by atoms with Gasteiger partial charge in [0.15, 0.2) is 0 Å². The van der Waals surface area contributed by atoms with Crippen LogP contribution in [0.2, 0.25) is 0 Å². The van der Waals surface area contributed by atoms with Gasteiger partial charge in [-0.15, -0.1) is 0 Å². The van der Waals surface area contributed by atoms with Gasteiger partial charge in [-0.2, -0.15) is 5.10 Å². The molecule has 0 aliphatic heterocycles. The summed E-state index contributed by atoms with van der Waals surface area (Å²) in [5.74, 6) is -0.239. The van der Waals surface area contributed by atoms with Gasteiger partial charge in [-0.1, -0.05) is 84.9 Å². The van der Waals surface area contributed by atoms with E-state index in [0.717, 1.165) is 28.9 Å². The van der Waals surface area contributed by atoms with Crippen LogP contribution in [0.4, 0.5) is 0 Å². The molecule has 0 amide bonds. The van der Waals surface area contributed by atoms with E-state index in [0.29, 0.717) is 6.54 Å². The summed E-state index contributed by atoms with van der Waals surface area (Å²) in [6.07, 6.45) is 1.06. The summed E-state index contributed by atoms with van der Waals surface area (Å²) in [5, 5.41) is 4.89. The number of aromatic nitrogens is 2. The van der Waals surface area contributed by atoms with E-state index in [1.165, 1.54) is 16.7 Å². The molecule has 174 valence electrons. The van der Waals surface area contributed by atoms with Crippen LogP contribution >= 0.6 is 0 Å². The molecule has 0 atom stereocenters. The van der Waals surface area contributed by atoms with E-state index in [-0.39, 0.29) is 12.4 Å². The van der Waals surface area contributed by atoms with Crippen molar-refractivity contribution >= 4 is 5.97 Å². The normalized spacial score (nSPS) is 11.4. The minimum Gasteiger partial charge on any atom is -0.460 e. The van der Waals surface area contributed by atoms with Crippen molar-refractivity contribution < 1.29 is 9.53 Å². The van der Waals surface area contributed by atoms with Gasteiger partial charge in [0.05, 0.1) is 24.4 Å². The van der Waals surface area contributed by atoms with Crippen molar-refractivity contribution in [1.29, 1.82) is 0 Å². The molecule has 4 heteroatoms. The second kappa shape index (κ2) is 10.1. The molecule has 0 saturated heterocycles. The number of carbonyl (C=O) groups excluding carboxylic acids is 1. The van der Waals surface area contributed by atoms with E-state index in [2.05, 4.69) is 60.7 Å². The third-order valence-electron chi connectivity index (χ3n) is 5.72. The maximum absolute atomic E-state index is 12.7. The second-order valence-electron chi connectivity index (χ2n) is 9.63. The zero-order valence-electron chi connectivity index (χ0n) is 20.4. The number of rotatable bonds is 7. The van der Waals surface area contributed by atoms with Gasteiger partial charge in [0.2, 0.25) is 0 Å². The van der Waals surface area contributed by atoms with Gasteiger partial charge in [-0.3, -0.25) is 9.48 Å². The smallest absolute Gasteiger partial charge is 0.310 e. The molecule has 0 unspecified atom stereocenters. The zero-order valence-corrected chi connectivity index (χ0v) is 20.4. The lowest BCUT2D eigenvalue weighted by molar-refractivity contribution is -0.153. The zero-order chi connectivity index (χ0) is 24.1. The van der Waals surface area contributed by atoms with Crippen molar-refractivity contribution in [3.8, 4) is 11.3 Å². The van der Waals surface area contributed by atoms with Gasteiger partial charge in [0.25, 0.3) is 0 Å². The van der Waals surface area contributed by atoms with Gasteiger partial charge in [-0.05, 0) is 50.8 Å². The Morgan fingerprint density at radius 3 is 2.09 bits per heavy atom. The minimum atomic E-state index is -0.524. The highest BCUT2D eigenvalue weighted by molar-refractivity contribution is 5.77. The standard InChI is InChI=1S/C30H32N2O2/c1-22-27(20-28(33)34-30(2,3)4)29(24-15-9-6-10-16-24)32(31-22)21-26-18-12-11-17-25(26)19-23-13-7-5-8-14-23/h5-18H,19-21H2,1-4H3. The molecule has 0 N–H and O–H groups in total. The van der Waals surface area contributed by atoms with Crippen LogP contribution in [0.3, 0.4) is 0 Å². The summed E-state index contributed by atoms with van der Waals surface area (Å²) in [7, 11) is 0. The molecule has 1 aromatic heterocycles. The molecule has 0 saturated carbocycles. The molecule has 4 rings (SSSR count). The molecule has 0 radical (unpaired) electrons. The van der Waals surface area contributed by atoms with E-state index >= 15 is 0 Å². The molecule has 4 aromatic rings. The first-order chi connectivity index (χ1) is 16.3. The van der Waals surface area contributed by atoms with E-state index in [4.69, 9.17) is 9.84 Å². The molecular formula is C30H32N2O2. The molecule has 0 bridgehead atoms. The highest BCUT2D eigenvalue weighted by atomic mass is 16.6. The van der Waals surface area contributed by atoms with Gasteiger partial charge in [0.1, 0.15) is 5.60 Å². The van der Waals surface area contributed by atoms with Crippen LogP contribution in [0, 0.1) is 6.92 Å². The largest absolute Gasteiger partial charge is 0.460 e. The third-order valence-corrected chi connectivity index (χ3v) is 5.72. The van der Waals surface area contributed by atoms with Crippen molar-refractivity contribution in [2.75, 3.05) is 0 Å². The molecule has 0 aliphatic rings. The van der Waals surface area contributed by atoms with Crippen LogP contribution in [0.25, 0.3) is 11.3 Å². The Balaban J connectivity index is 1.71. The quantitative estimate of drug-likeness (QED) is 0.306. The maximum atomic E-state index is 12.7. The van der Waals surface area contributed by atoms with Crippen molar-refractivity contribution in [3.63, 3.8) is 0 Å². The van der Waals surface area contributed by atoms with E-state index in [1.54, 1.807) is 0 Å². The predicted molar refractivity (Wildman–Crippen MR) is 137 cm³/mol. The summed E-state index contributed by atoms with van der Waals surface area (Å²) in [5.41, 5.74) is 7.03. The number of nitrogens with zero attached hydrogens (tertiary/aromatic N) is 2. The second-order valence-corrected chi connectivity index (χ2v) is 9.63. The monoisotopic (exact) mass is 452 g/mol. The fraction of sp³-hybridized carbons (Fsp3) is 0.267. The van der Waals surface area contributed by atoms with Gasteiger partial charge >= 0.3 is 5.97 Å². The van der Waals surface area contributed by atoms with Crippen molar-refractivity contribution in [1.82, 2.24) is 9.78 Å². The molecule has 34 heavy (non-hydrogen) atoms. The lowest BCUT2D eigenvalue weighted by Crippen LogP contribution is -2.25. The minimum absolute atomic E-state index is 0.193. The Labute approximate surface area is 202 Å². The van der Waals surface area contributed by atoms with Gasteiger partial charge in [-0.25, -0.2) is 0 Å². The average molecular weight is 453 g/mol. The third kappa shape index (κ3) is 5.82. The Kier molecular flexibility index (Phi) is 6.97. The molecule has 0 spiro atoms. The molecule has 1 heterocycles. The summed E-state index contributed by atoms with van der Waals surface area (Å²) in [6, 6.07) is 29.2. The molecule has 0 fully saturated rings. The number of ether oxygens (including phenoxy) is 1. The lowest BCUT2D eigenvalue weighted by Gasteiger charge is -2.19. The Morgan fingerprint density at radius 1 is 0.853 bits per heavy atom. The lowest BCUT2D eigenvalue weighted by atomic mass is 9.99. The molecular weight excluding hydrogens is 420 g/mol. The highest BCUT2D eigenvalue weighted by Gasteiger charge is 2.23. The summed E-state index contributed by atoms with van der Waals surface area (Å²) in [4.78, 5) is 12.7. The van der Waals surface area contributed by atoms with E-state index in [1.807, 2.05) is 56.6 Å². The van der Waals surface area contributed by atoms with Crippen molar-refractivity contribution in [2.45, 2.75) is 52.7 Å². The summed E-state index contributed by atoms with van der Waals surface area (Å²) < 4.78 is 7.66. The average Bonchev–Trinajstić information content (AvgIpc) is 3.09. The number of carbonyl (C=O) groups is 1. The first-order valence-corrected chi connectivity index (χ1v) is 11.7. The highest BCUT2D eigenvalue weighted by Crippen LogP contribution is 2.29. The fourth-order valence-electron chi connectivity index (χ4n) is 4.25. The Morgan fingerprint density at radius 2 is 1.44 bits per heavy atom.